The highest BCUT2D eigenvalue weighted by atomic mass is 32.2. The first kappa shape index (κ1) is 26.9. The van der Waals surface area contributed by atoms with Gasteiger partial charge in [-0.15, -0.1) is 0 Å². The van der Waals surface area contributed by atoms with Gasteiger partial charge in [0.2, 0.25) is 14.8 Å². The van der Waals surface area contributed by atoms with E-state index >= 15 is 4.39 Å². The molecule has 0 atom stereocenters. The highest BCUT2D eigenvalue weighted by molar-refractivity contribution is 7.92. The van der Waals surface area contributed by atoms with Crippen LogP contribution in [0.1, 0.15) is 54.1 Å². The highest BCUT2D eigenvalue weighted by Gasteiger charge is 2.51. The predicted molar refractivity (Wildman–Crippen MR) is 108 cm³/mol. The molecular formula is C22H19F8NO3S. The molecule has 3 rings (SSSR count). The Morgan fingerprint density at radius 2 is 1.51 bits per heavy atom. The minimum absolute atomic E-state index is 0.277. The Bertz CT molecular complexity index is 1230. The van der Waals surface area contributed by atoms with Crippen LogP contribution < -0.4 is 5.32 Å². The number of sulfone groups is 1. The number of amides is 1. The molecule has 1 aliphatic carbocycles. The van der Waals surface area contributed by atoms with Crippen LogP contribution in [0.5, 0.6) is 0 Å². The summed E-state index contributed by atoms with van der Waals surface area (Å²) in [6, 6.07) is 4.35. The molecule has 0 saturated heterocycles. The number of hydrogen-bond donors (Lipinski definition) is 1. The first-order valence-corrected chi connectivity index (χ1v) is 11.7. The number of nitrogens with one attached hydrogen (secondary N) is 1. The van der Waals surface area contributed by atoms with E-state index in [9.17, 15) is 43.9 Å². The van der Waals surface area contributed by atoms with Gasteiger partial charge in [-0.25, -0.2) is 17.2 Å². The molecule has 0 bridgehead atoms. The zero-order valence-corrected chi connectivity index (χ0v) is 18.8. The van der Waals surface area contributed by atoms with Crippen molar-refractivity contribution in [3.05, 3.63) is 65.0 Å². The van der Waals surface area contributed by atoms with Crippen LogP contribution in [0.3, 0.4) is 0 Å². The van der Waals surface area contributed by atoms with Gasteiger partial charge in [0, 0.05) is 11.1 Å². The Labute approximate surface area is 195 Å². The highest BCUT2D eigenvalue weighted by Crippen LogP contribution is 2.44. The molecule has 192 valence electrons. The van der Waals surface area contributed by atoms with Crippen molar-refractivity contribution < 1.29 is 48.3 Å². The van der Waals surface area contributed by atoms with Crippen molar-refractivity contribution in [1.29, 1.82) is 0 Å². The molecule has 0 aliphatic heterocycles. The summed E-state index contributed by atoms with van der Waals surface area (Å²) in [5.74, 6) is -2.58. The van der Waals surface area contributed by atoms with Crippen molar-refractivity contribution in [1.82, 2.24) is 5.32 Å². The third kappa shape index (κ3) is 5.44. The lowest BCUT2D eigenvalue weighted by Crippen LogP contribution is -2.52. The standard InChI is InChI=1S/C22H19F8NO3S/c1-19(31-18(32)13-5-6-17(23)16(11-13)22(28,29)30)7-9-20(24,10-8-19)35(33,34)15-4-2-3-14(12-15)21(25,26)27/h2-6,11-12H,7-10H2,1H3,(H,31,32). The van der Waals surface area contributed by atoms with E-state index in [1.54, 1.807) is 0 Å². The van der Waals surface area contributed by atoms with E-state index in [4.69, 9.17) is 0 Å². The number of hydrogen-bond acceptors (Lipinski definition) is 3. The van der Waals surface area contributed by atoms with Crippen LogP contribution in [0.2, 0.25) is 0 Å². The van der Waals surface area contributed by atoms with Crippen molar-refractivity contribution in [3.63, 3.8) is 0 Å². The smallest absolute Gasteiger partial charge is 0.347 e. The van der Waals surface area contributed by atoms with E-state index in [0.29, 0.717) is 24.3 Å². The van der Waals surface area contributed by atoms with E-state index in [1.165, 1.54) is 6.92 Å². The van der Waals surface area contributed by atoms with Crippen LogP contribution in [0.25, 0.3) is 0 Å². The van der Waals surface area contributed by atoms with Crippen molar-refractivity contribution in [3.8, 4) is 0 Å². The van der Waals surface area contributed by atoms with E-state index < -0.39 is 78.9 Å². The topological polar surface area (TPSA) is 63.2 Å². The molecule has 2 aromatic rings. The van der Waals surface area contributed by atoms with Gasteiger partial charge >= 0.3 is 12.4 Å². The molecule has 1 amide bonds. The average Bonchev–Trinajstić information content (AvgIpc) is 2.75. The maximum Gasteiger partial charge on any atom is 0.419 e. The van der Waals surface area contributed by atoms with Gasteiger partial charge in [-0.05, 0) is 69.0 Å². The van der Waals surface area contributed by atoms with Gasteiger partial charge in [-0.3, -0.25) is 4.79 Å². The Hall–Kier alpha value is -2.70. The minimum Gasteiger partial charge on any atom is -0.347 e. The maximum atomic E-state index is 15.5. The van der Waals surface area contributed by atoms with Crippen LogP contribution in [0, 0.1) is 5.82 Å². The van der Waals surface area contributed by atoms with Gasteiger partial charge in [0.1, 0.15) is 5.82 Å². The number of alkyl halides is 7. The Balaban J connectivity index is 1.78. The Kier molecular flexibility index (Phi) is 6.73. The van der Waals surface area contributed by atoms with Crippen LogP contribution in [0.4, 0.5) is 35.1 Å². The molecular weight excluding hydrogens is 510 g/mol. The SMILES string of the molecule is CC1(NC(=O)c2ccc(F)c(C(F)(F)F)c2)CCC(F)(S(=O)(=O)c2cccc(C(F)(F)F)c2)CC1. The second-order valence-electron chi connectivity index (χ2n) is 8.62. The Morgan fingerprint density at radius 3 is 2.06 bits per heavy atom. The summed E-state index contributed by atoms with van der Waals surface area (Å²) in [5.41, 5.74) is -4.64. The van der Waals surface area contributed by atoms with Gasteiger partial charge in [0.05, 0.1) is 16.0 Å². The summed E-state index contributed by atoms with van der Waals surface area (Å²) in [5, 5.41) is -0.487. The molecule has 0 heterocycles. The van der Waals surface area contributed by atoms with E-state index in [2.05, 4.69) is 5.32 Å². The van der Waals surface area contributed by atoms with Crippen molar-refractivity contribution >= 4 is 15.7 Å². The number of halogens is 8. The first-order chi connectivity index (χ1) is 15.9. The fourth-order valence-electron chi connectivity index (χ4n) is 3.85. The monoisotopic (exact) mass is 529 g/mol. The third-order valence-corrected chi connectivity index (χ3v) is 8.25. The zero-order valence-electron chi connectivity index (χ0n) is 18.0. The van der Waals surface area contributed by atoms with E-state index in [1.807, 2.05) is 0 Å². The largest absolute Gasteiger partial charge is 0.419 e. The maximum absolute atomic E-state index is 15.5. The average molecular weight is 529 g/mol. The molecule has 1 N–H and O–H groups in total. The number of carbonyl (C=O) groups is 1. The summed E-state index contributed by atoms with van der Waals surface area (Å²) in [4.78, 5) is 11.7. The molecule has 35 heavy (non-hydrogen) atoms. The third-order valence-electron chi connectivity index (χ3n) is 6.00. The summed E-state index contributed by atoms with van der Waals surface area (Å²) in [7, 11) is -4.85. The zero-order chi connectivity index (χ0) is 26.4. The lowest BCUT2D eigenvalue weighted by atomic mass is 9.82. The minimum atomic E-state index is -5.04. The summed E-state index contributed by atoms with van der Waals surface area (Å²) in [6.45, 7) is 1.43. The van der Waals surface area contributed by atoms with Crippen LogP contribution in [0.15, 0.2) is 47.4 Å². The lowest BCUT2D eigenvalue weighted by molar-refractivity contribution is -0.140. The molecule has 1 fully saturated rings. The second kappa shape index (κ2) is 8.75. The predicted octanol–water partition coefficient (Wildman–Crippen LogP) is 6.07. The van der Waals surface area contributed by atoms with Gasteiger partial charge in [0.15, 0.2) is 0 Å². The molecule has 0 unspecified atom stereocenters. The lowest BCUT2D eigenvalue weighted by Gasteiger charge is -2.40. The van der Waals surface area contributed by atoms with Crippen LogP contribution in [-0.4, -0.2) is 24.9 Å². The van der Waals surface area contributed by atoms with E-state index in [-0.39, 0.29) is 12.8 Å². The molecule has 0 spiro atoms. The van der Waals surface area contributed by atoms with Gasteiger partial charge in [-0.1, -0.05) is 6.07 Å². The number of carbonyl (C=O) groups excluding carboxylic acids is 1. The molecule has 1 saturated carbocycles. The van der Waals surface area contributed by atoms with E-state index in [0.717, 1.165) is 18.2 Å². The Morgan fingerprint density at radius 1 is 0.914 bits per heavy atom. The molecule has 1 aliphatic rings. The summed E-state index contributed by atoms with van der Waals surface area (Å²) in [6.07, 6.45) is -11.8. The fraction of sp³-hybridized carbons (Fsp3) is 0.409. The molecule has 13 heteroatoms. The molecule has 0 radical (unpaired) electrons. The number of rotatable bonds is 4. The van der Waals surface area contributed by atoms with Crippen LogP contribution >= 0.6 is 0 Å². The number of benzene rings is 2. The van der Waals surface area contributed by atoms with Crippen LogP contribution in [-0.2, 0) is 22.2 Å². The van der Waals surface area contributed by atoms with Gasteiger partial charge in [-0.2, -0.15) is 26.3 Å². The second-order valence-corrected chi connectivity index (χ2v) is 10.8. The van der Waals surface area contributed by atoms with Gasteiger partial charge in [0.25, 0.3) is 5.91 Å². The fourth-order valence-corrected chi connectivity index (χ4v) is 5.55. The quantitative estimate of drug-likeness (QED) is 0.490. The summed E-state index contributed by atoms with van der Waals surface area (Å²) < 4.78 is 132. The normalized spacial score (nSPS) is 23.7. The van der Waals surface area contributed by atoms with Crippen molar-refractivity contribution in [2.45, 2.75) is 60.4 Å². The molecule has 4 nitrogen and oxygen atoms in total. The molecule has 2 aromatic carbocycles. The van der Waals surface area contributed by atoms with Crippen molar-refractivity contribution in [2.24, 2.45) is 0 Å². The van der Waals surface area contributed by atoms with Gasteiger partial charge < -0.3 is 5.32 Å². The van der Waals surface area contributed by atoms with Crippen molar-refractivity contribution in [2.75, 3.05) is 0 Å². The first-order valence-electron chi connectivity index (χ1n) is 10.2. The summed E-state index contributed by atoms with van der Waals surface area (Å²) >= 11 is 0. The molecule has 0 aromatic heterocycles.